The topological polar surface area (TPSA) is 51.3 Å². The first-order valence-corrected chi connectivity index (χ1v) is 7.68. The van der Waals surface area contributed by atoms with Gasteiger partial charge in [0, 0.05) is 24.7 Å². The van der Waals surface area contributed by atoms with Gasteiger partial charge in [0.15, 0.2) is 0 Å². The Morgan fingerprint density at radius 3 is 2.90 bits per heavy atom. The number of aromatic nitrogens is 1. The second-order valence-corrected chi connectivity index (χ2v) is 5.94. The Bertz CT molecular complexity index is 574. The zero-order valence-corrected chi connectivity index (χ0v) is 13.0. The third-order valence-electron chi connectivity index (χ3n) is 3.46. The lowest BCUT2D eigenvalue weighted by atomic mass is 10.2. The third kappa shape index (κ3) is 2.88. The Hall–Kier alpha value is -1.75. The van der Waals surface area contributed by atoms with E-state index in [0.717, 1.165) is 13.0 Å². The molecule has 2 aromatic heterocycles. The van der Waals surface area contributed by atoms with Gasteiger partial charge in [0.25, 0.3) is 5.91 Å². The van der Waals surface area contributed by atoms with Crippen molar-refractivity contribution in [2.24, 2.45) is 0 Å². The van der Waals surface area contributed by atoms with Crippen LogP contribution in [0, 0.1) is 0 Å². The molecular formula is C15H21N3OS. The van der Waals surface area contributed by atoms with Gasteiger partial charge in [-0.3, -0.25) is 4.79 Å². The maximum atomic E-state index is 12.6. The largest absolute Gasteiger partial charge is 0.397 e. The minimum Gasteiger partial charge on any atom is -0.397 e. The molecule has 2 N–H and O–H groups in total. The van der Waals surface area contributed by atoms with Crippen LogP contribution in [0.5, 0.6) is 0 Å². The zero-order valence-electron chi connectivity index (χ0n) is 12.2. The Labute approximate surface area is 123 Å². The zero-order chi connectivity index (χ0) is 14.7. The molecule has 2 rings (SSSR count). The van der Waals surface area contributed by atoms with Crippen LogP contribution in [-0.2, 0) is 6.54 Å². The molecule has 0 saturated heterocycles. The van der Waals surface area contributed by atoms with Gasteiger partial charge in [-0.25, -0.2) is 0 Å². The number of rotatable bonds is 5. The fourth-order valence-corrected chi connectivity index (χ4v) is 3.04. The molecule has 2 heterocycles. The Kier molecular flexibility index (Phi) is 4.49. The van der Waals surface area contributed by atoms with Crippen molar-refractivity contribution in [2.75, 3.05) is 12.8 Å². The van der Waals surface area contributed by atoms with Crippen LogP contribution >= 0.6 is 11.3 Å². The lowest BCUT2D eigenvalue weighted by molar-refractivity contribution is 0.0734. The summed E-state index contributed by atoms with van der Waals surface area (Å²) in [4.78, 5) is 15.6. The van der Waals surface area contributed by atoms with Gasteiger partial charge in [-0.1, -0.05) is 13.0 Å². The highest BCUT2D eigenvalue weighted by molar-refractivity contribution is 7.10. The maximum Gasteiger partial charge on any atom is 0.270 e. The Morgan fingerprint density at radius 2 is 2.30 bits per heavy atom. The first-order chi connectivity index (χ1) is 9.54. The lowest BCUT2D eigenvalue weighted by Crippen LogP contribution is -2.30. The Balaban J connectivity index is 2.22. The standard InChI is InChI=1S/C15H21N3OS/c1-4-7-18-10-12(16)9-13(18)15(19)17(3)11(2)14-6-5-8-20-14/h5-6,8-11H,4,7,16H2,1-3H3. The van der Waals surface area contributed by atoms with E-state index in [-0.39, 0.29) is 11.9 Å². The van der Waals surface area contributed by atoms with Crippen molar-refractivity contribution in [3.05, 3.63) is 40.3 Å². The van der Waals surface area contributed by atoms with Crippen molar-refractivity contribution in [1.29, 1.82) is 0 Å². The van der Waals surface area contributed by atoms with Crippen molar-refractivity contribution in [3.63, 3.8) is 0 Å². The minimum absolute atomic E-state index is 0.0102. The molecule has 4 nitrogen and oxygen atoms in total. The molecule has 2 aromatic rings. The fourth-order valence-electron chi connectivity index (χ4n) is 2.21. The van der Waals surface area contributed by atoms with Crippen LogP contribution in [-0.4, -0.2) is 22.4 Å². The highest BCUT2D eigenvalue weighted by atomic mass is 32.1. The number of thiophene rings is 1. The number of amides is 1. The van der Waals surface area contributed by atoms with Gasteiger partial charge in [0.2, 0.25) is 0 Å². The molecule has 1 unspecified atom stereocenters. The summed E-state index contributed by atoms with van der Waals surface area (Å²) in [6.07, 6.45) is 2.80. The summed E-state index contributed by atoms with van der Waals surface area (Å²) >= 11 is 1.67. The van der Waals surface area contributed by atoms with Crippen molar-refractivity contribution in [1.82, 2.24) is 9.47 Å². The number of hydrogen-bond donors (Lipinski definition) is 1. The highest BCUT2D eigenvalue weighted by Gasteiger charge is 2.22. The number of nitrogen functional groups attached to an aromatic ring is 1. The molecule has 0 aromatic carbocycles. The van der Waals surface area contributed by atoms with Crippen LogP contribution in [0.2, 0.25) is 0 Å². The van der Waals surface area contributed by atoms with Gasteiger partial charge >= 0.3 is 0 Å². The van der Waals surface area contributed by atoms with Crippen LogP contribution in [0.3, 0.4) is 0 Å². The van der Waals surface area contributed by atoms with Crippen LogP contribution in [0.15, 0.2) is 29.8 Å². The van der Waals surface area contributed by atoms with Crippen molar-refractivity contribution >= 4 is 22.9 Å². The molecule has 0 fully saturated rings. The molecule has 0 spiro atoms. The van der Waals surface area contributed by atoms with Gasteiger partial charge < -0.3 is 15.2 Å². The highest BCUT2D eigenvalue weighted by Crippen LogP contribution is 2.25. The quantitative estimate of drug-likeness (QED) is 0.918. The molecule has 0 aliphatic carbocycles. The minimum atomic E-state index is 0.0102. The summed E-state index contributed by atoms with van der Waals surface area (Å²) in [5.74, 6) is 0.0102. The van der Waals surface area contributed by atoms with E-state index in [9.17, 15) is 4.79 Å². The number of aryl methyl sites for hydroxylation is 1. The molecule has 1 atom stereocenters. The predicted molar refractivity (Wildman–Crippen MR) is 84.0 cm³/mol. The summed E-state index contributed by atoms with van der Waals surface area (Å²) in [5.41, 5.74) is 7.13. The molecular weight excluding hydrogens is 270 g/mol. The summed E-state index contributed by atoms with van der Waals surface area (Å²) in [7, 11) is 1.84. The molecule has 0 aliphatic rings. The molecule has 0 saturated carbocycles. The first-order valence-electron chi connectivity index (χ1n) is 6.80. The second-order valence-electron chi connectivity index (χ2n) is 4.96. The molecule has 20 heavy (non-hydrogen) atoms. The van der Waals surface area contributed by atoms with Gasteiger partial charge in [-0.05, 0) is 30.9 Å². The number of nitrogens with zero attached hydrogens (tertiary/aromatic N) is 2. The van der Waals surface area contributed by atoms with E-state index in [4.69, 9.17) is 5.73 Å². The van der Waals surface area contributed by atoms with Crippen LogP contribution in [0.1, 0.15) is 41.7 Å². The van der Waals surface area contributed by atoms with E-state index in [1.807, 2.05) is 36.2 Å². The second kappa shape index (κ2) is 6.13. The van der Waals surface area contributed by atoms with Crippen molar-refractivity contribution in [3.8, 4) is 0 Å². The lowest BCUT2D eigenvalue weighted by Gasteiger charge is -2.24. The van der Waals surface area contributed by atoms with E-state index in [1.54, 1.807) is 22.3 Å². The summed E-state index contributed by atoms with van der Waals surface area (Å²) in [6.45, 7) is 4.93. The van der Waals surface area contributed by atoms with Crippen molar-refractivity contribution < 1.29 is 4.79 Å². The number of hydrogen-bond acceptors (Lipinski definition) is 3. The molecule has 5 heteroatoms. The van der Waals surface area contributed by atoms with Gasteiger partial charge in [0.05, 0.1) is 11.7 Å². The molecule has 1 amide bonds. The first kappa shape index (κ1) is 14.7. The van der Waals surface area contributed by atoms with Crippen LogP contribution in [0.4, 0.5) is 5.69 Å². The monoisotopic (exact) mass is 291 g/mol. The predicted octanol–water partition coefficient (Wildman–Crippen LogP) is 3.38. The normalized spacial score (nSPS) is 12.3. The molecule has 0 radical (unpaired) electrons. The molecule has 108 valence electrons. The number of anilines is 1. The van der Waals surface area contributed by atoms with E-state index in [0.29, 0.717) is 11.4 Å². The summed E-state index contributed by atoms with van der Waals surface area (Å²) in [6, 6.07) is 5.88. The van der Waals surface area contributed by atoms with E-state index >= 15 is 0 Å². The molecule has 0 aliphatic heterocycles. The third-order valence-corrected chi connectivity index (χ3v) is 4.50. The van der Waals surface area contributed by atoms with Crippen molar-refractivity contribution in [2.45, 2.75) is 32.9 Å². The maximum absolute atomic E-state index is 12.6. The Morgan fingerprint density at radius 1 is 1.55 bits per heavy atom. The number of nitrogens with two attached hydrogens (primary N) is 1. The summed E-state index contributed by atoms with van der Waals surface area (Å²) < 4.78 is 1.94. The number of carbonyl (C=O) groups excluding carboxylic acids is 1. The fraction of sp³-hybridized carbons (Fsp3) is 0.400. The average molecular weight is 291 g/mol. The smallest absolute Gasteiger partial charge is 0.270 e. The van der Waals surface area contributed by atoms with Gasteiger partial charge in [-0.15, -0.1) is 11.3 Å². The van der Waals surface area contributed by atoms with Crippen LogP contribution in [0.25, 0.3) is 0 Å². The van der Waals surface area contributed by atoms with Crippen LogP contribution < -0.4 is 5.73 Å². The van der Waals surface area contributed by atoms with E-state index in [1.165, 1.54) is 4.88 Å². The SMILES string of the molecule is CCCn1cc(N)cc1C(=O)N(C)C(C)c1cccs1. The number of carbonyl (C=O) groups is 1. The average Bonchev–Trinajstić information content (AvgIpc) is 3.06. The van der Waals surface area contributed by atoms with Gasteiger partial charge in [-0.2, -0.15) is 0 Å². The van der Waals surface area contributed by atoms with E-state index in [2.05, 4.69) is 13.0 Å². The molecule has 0 bridgehead atoms. The van der Waals surface area contributed by atoms with E-state index < -0.39 is 0 Å². The summed E-state index contributed by atoms with van der Waals surface area (Å²) in [5, 5.41) is 2.03. The van der Waals surface area contributed by atoms with Gasteiger partial charge in [0.1, 0.15) is 5.69 Å².